The van der Waals surface area contributed by atoms with Gasteiger partial charge in [-0.25, -0.2) is 0 Å². The summed E-state index contributed by atoms with van der Waals surface area (Å²) in [5, 5.41) is 4.53. The van der Waals surface area contributed by atoms with Gasteiger partial charge in [-0.1, -0.05) is 60.7 Å². The predicted octanol–water partition coefficient (Wildman–Crippen LogP) is 6.68. The lowest BCUT2D eigenvalue weighted by Crippen LogP contribution is -2.12. The molecule has 2 heterocycles. The molecule has 0 fully saturated rings. The first-order chi connectivity index (χ1) is 14.3. The predicted molar refractivity (Wildman–Crippen MR) is 113 cm³/mol. The topological polar surface area (TPSA) is 39.4 Å². The number of hydrogen-bond acceptors (Lipinski definition) is 3. The van der Waals surface area contributed by atoms with Crippen LogP contribution in [-0.4, -0.2) is 6.29 Å². The maximum Gasteiger partial charge on any atom is 0.185 e. The van der Waals surface area contributed by atoms with E-state index in [-0.39, 0.29) is 5.92 Å². The van der Waals surface area contributed by atoms with Crippen LogP contribution in [-0.2, 0) is 0 Å². The molecule has 0 N–H and O–H groups in total. The molecule has 0 atom stereocenters. The van der Waals surface area contributed by atoms with E-state index in [9.17, 15) is 4.79 Å². The molecule has 0 spiro atoms. The van der Waals surface area contributed by atoms with Crippen LogP contribution in [0.4, 0.5) is 0 Å². The smallest absolute Gasteiger partial charge is 0.185 e. The van der Waals surface area contributed by atoms with Crippen LogP contribution in [0.15, 0.2) is 89.3 Å². The fraction of sp³-hybridized carbons (Fsp3) is 0.0385. The van der Waals surface area contributed by atoms with Crippen LogP contribution < -0.4 is 4.74 Å². The zero-order valence-electron chi connectivity index (χ0n) is 15.5. The third kappa shape index (κ3) is 2.34. The summed E-state index contributed by atoms with van der Waals surface area (Å²) in [5.41, 5.74) is 2.14. The largest absolute Gasteiger partial charge is 0.457 e. The van der Waals surface area contributed by atoms with Gasteiger partial charge in [0.1, 0.15) is 17.3 Å². The summed E-state index contributed by atoms with van der Waals surface area (Å²) < 4.78 is 12.3. The number of ether oxygens (including phenoxy) is 1. The molecule has 0 unspecified atom stereocenters. The number of carbonyl (C=O) groups is 1. The molecule has 6 rings (SSSR count). The average molecular weight is 376 g/mol. The number of fused-ring (bicyclic) bond motifs is 6. The van der Waals surface area contributed by atoms with Crippen molar-refractivity contribution in [3.8, 4) is 11.5 Å². The van der Waals surface area contributed by atoms with Crippen molar-refractivity contribution in [3.63, 3.8) is 0 Å². The summed E-state index contributed by atoms with van der Waals surface area (Å²) in [5.74, 6) is 2.54. The van der Waals surface area contributed by atoms with E-state index in [4.69, 9.17) is 9.15 Å². The van der Waals surface area contributed by atoms with E-state index < -0.39 is 0 Å². The quantitative estimate of drug-likeness (QED) is 0.316. The summed E-state index contributed by atoms with van der Waals surface area (Å²) in [6.45, 7) is 0. The van der Waals surface area contributed by atoms with Gasteiger partial charge < -0.3 is 9.15 Å². The van der Waals surface area contributed by atoms with Crippen molar-refractivity contribution in [1.82, 2.24) is 0 Å². The molecule has 3 heteroatoms. The fourth-order valence-electron chi connectivity index (χ4n) is 4.46. The standard InChI is InChI=1S/C26H16O3/c27-15-18-11-14-23(28-18)26-24-19-7-3-1-5-16(19)9-12-21(24)29-22-13-10-17-6-2-4-8-20(17)25(22)26/h1-15,26H. The van der Waals surface area contributed by atoms with E-state index in [1.807, 2.05) is 42.5 Å². The second kappa shape index (κ2) is 6.08. The van der Waals surface area contributed by atoms with Crippen molar-refractivity contribution >= 4 is 27.8 Å². The van der Waals surface area contributed by atoms with Crippen LogP contribution in [0.5, 0.6) is 11.5 Å². The summed E-state index contributed by atoms with van der Waals surface area (Å²) in [6, 6.07) is 28.4. The van der Waals surface area contributed by atoms with Gasteiger partial charge in [0.2, 0.25) is 0 Å². The van der Waals surface area contributed by atoms with Crippen LogP contribution in [0.1, 0.15) is 33.4 Å². The monoisotopic (exact) mass is 376 g/mol. The molecule has 3 nitrogen and oxygen atoms in total. The zero-order valence-corrected chi connectivity index (χ0v) is 15.5. The van der Waals surface area contributed by atoms with Crippen molar-refractivity contribution < 1.29 is 13.9 Å². The molecule has 4 aromatic carbocycles. The molecule has 0 aliphatic carbocycles. The number of benzene rings is 4. The molecule has 29 heavy (non-hydrogen) atoms. The van der Waals surface area contributed by atoms with Crippen molar-refractivity contribution in [1.29, 1.82) is 0 Å². The lowest BCUT2D eigenvalue weighted by Gasteiger charge is -2.29. The van der Waals surface area contributed by atoms with Crippen molar-refractivity contribution in [2.45, 2.75) is 5.92 Å². The number of furan rings is 1. The average Bonchev–Trinajstić information content (AvgIpc) is 3.26. The van der Waals surface area contributed by atoms with Crippen molar-refractivity contribution in [3.05, 3.63) is 108 Å². The minimum absolute atomic E-state index is 0.167. The highest BCUT2D eigenvalue weighted by atomic mass is 16.5. The van der Waals surface area contributed by atoms with Gasteiger partial charge in [-0.3, -0.25) is 4.79 Å². The van der Waals surface area contributed by atoms with E-state index in [1.165, 1.54) is 0 Å². The number of aldehydes is 1. The summed E-state index contributed by atoms with van der Waals surface area (Å²) >= 11 is 0. The molecular formula is C26H16O3. The molecule has 0 saturated carbocycles. The SMILES string of the molecule is O=Cc1ccc(C2c3c(ccc4ccccc34)Oc3ccc4ccccc4c32)o1. The van der Waals surface area contributed by atoms with Crippen LogP contribution in [0.3, 0.4) is 0 Å². The highest BCUT2D eigenvalue weighted by molar-refractivity contribution is 5.94. The molecule has 1 aromatic heterocycles. The van der Waals surface area contributed by atoms with Gasteiger partial charge in [0, 0.05) is 11.1 Å². The lowest BCUT2D eigenvalue weighted by atomic mass is 9.81. The van der Waals surface area contributed by atoms with Gasteiger partial charge in [0.25, 0.3) is 0 Å². The Morgan fingerprint density at radius 2 is 1.24 bits per heavy atom. The van der Waals surface area contributed by atoms with Crippen LogP contribution in [0.2, 0.25) is 0 Å². The van der Waals surface area contributed by atoms with Crippen molar-refractivity contribution in [2.24, 2.45) is 0 Å². The number of hydrogen-bond donors (Lipinski definition) is 0. The van der Waals surface area contributed by atoms with Crippen LogP contribution in [0, 0.1) is 0 Å². The first-order valence-corrected chi connectivity index (χ1v) is 9.59. The van der Waals surface area contributed by atoms with Crippen molar-refractivity contribution in [2.75, 3.05) is 0 Å². The minimum atomic E-state index is -0.167. The third-order valence-corrected chi connectivity index (χ3v) is 5.71. The van der Waals surface area contributed by atoms with Gasteiger partial charge in [-0.2, -0.15) is 0 Å². The van der Waals surface area contributed by atoms with Gasteiger partial charge >= 0.3 is 0 Å². The molecular weight excluding hydrogens is 360 g/mol. The van der Waals surface area contributed by atoms with Crippen LogP contribution >= 0.6 is 0 Å². The molecule has 0 bridgehead atoms. The Hall–Kier alpha value is -3.85. The third-order valence-electron chi connectivity index (χ3n) is 5.71. The number of carbonyl (C=O) groups excluding carboxylic acids is 1. The zero-order chi connectivity index (χ0) is 19.4. The van der Waals surface area contributed by atoms with Gasteiger partial charge in [0.05, 0.1) is 5.92 Å². The molecule has 5 aromatic rings. The minimum Gasteiger partial charge on any atom is -0.457 e. The molecule has 0 saturated heterocycles. The maximum atomic E-state index is 11.3. The molecule has 0 amide bonds. The highest BCUT2D eigenvalue weighted by Crippen LogP contribution is 2.52. The molecule has 0 radical (unpaired) electrons. The first kappa shape index (κ1) is 16.1. The van der Waals surface area contributed by atoms with Gasteiger partial charge in [0.15, 0.2) is 12.0 Å². The van der Waals surface area contributed by atoms with E-state index in [0.717, 1.165) is 56.2 Å². The fourth-order valence-corrected chi connectivity index (χ4v) is 4.46. The van der Waals surface area contributed by atoms with E-state index >= 15 is 0 Å². The lowest BCUT2D eigenvalue weighted by molar-refractivity contribution is 0.109. The number of rotatable bonds is 2. The summed E-state index contributed by atoms with van der Waals surface area (Å²) in [4.78, 5) is 11.3. The second-order valence-corrected chi connectivity index (χ2v) is 7.29. The molecule has 1 aliphatic rings. The normalized spacial score (nSPS) is 13.1. The first-order valence-electron chi connectivity index (χ1n) is 9.59. The Kier molecular flexibility index (Phi) is 3.38. The van der Waals surface area contributed by atoms with Crippen LogP contribution in [0.25, 0.3) is 21.5 Å². The molecule has 138 valence electrons. The summed E-state index contributed by atoms with van der Waals surface area (Å²) in [6.07, 6.45) is 0.747. The van der Waals surface area contributed by atoms with Gasteiger partial charge in [-0.05, 0) is 45.8 Å². The maximum absolute atomic E-state index is 11.3. The Labute approximate surface area is 167 Å². The Bertz CT molecular complexity index is 1330. The van der Waals surface area contributed by atoms with E-state index in [1.54, 1.807) is 6.07 Å². The Balaban J connectivity index is 1.75. The van der Waals surface area contributed by atoms with E-state index in [2.05, 4.69) is 36.4 Å². The molecule has 1 aliphatic heterocycles. The Morgan fingerprint density at radius 3 is 1.79 bits per heavy atom. The second-order valence-electron chi connectivity index (χ2n) is 7.29. The summed E-state index contributed by atoms with van der Waals surface area (Å²) in [7, 11) is 0. The van der Waals surface area contributed by atoms with Gasteiger partial charge in [-0.15, -0.1) is 0 Å². The van der Waals surface area contributed by atoms with E-state index in [0.29, 0.717) is 5.76 Å². The Morgan fingerprint density at radius 1 is 0.655 bits per heavy atom. The highest BCUT2D eigenvalue weighted by Gasteiger charge is 2.34.